The molecule has 0 bridgehead atoms. The van der Waals surface area contributed by atoms with Gasteiger partial charge in [-0.1, -0.05) is 23.2 Å². The third kappa shape index (κ3) is 3.87. The summed E-state index contributed by atoms with van der Waals surface area (Å²) in [5.41, 5.74) is 0.972. The van der Waals surface area contributed by atoms with E-state index in [0.717, 1.165) is 5.56 Å². The summed E-state index contributed by atoms with van der Waals surface area (Å²) in [7, 11) is 0. The van der Waals surface area contributed by atoms with Gasteiger partial charge in [0.25, 0.3) is 0 Å². The Labute approximate surface area is 131 Å². The van der Waals surface area contributed by atoms with Crippen molar-refractivity contribution in [1.82, 2.24) is 4.90 Å². The molecule has 0 aliphatic carbocycles. The molecule has 110 valence electrons. The average molecular weight is 336 g/mol. The molecule has 2 rings (SSSR count). The lowest BCUT2D eigenvalue weighted by molar-refractivity contribution is -0.141. The van der Waals surface area contributed by atoms with E-state index in [9.17, 15) is 9.59 Å². The Bertz CT molecular complexity index is 518. The summed E-state index contributed by atoms with van der Waals surface area (Å²) in [6, 6.07) is 1.83. The topological polar surface area (TPSA) is 57.6 Å². The number of halogens is 2. The van der Waals surface area contributed by atoms with E-state index >= 15 is 0 Å². The van der Waals surface area contributed by atoms with Crippen LogP contribution in [0.4, 0.5) is 0 Å². The largest absolute Gasteiger partial charge is 0.481 e. The van der Waals surface area contributed by atoms with Gasteiger partial charge in [-0.2, -0.15) is 0 Å². The van der Waals surface area contributed by atoms with E-state index in [1.54, 1.807) is 4.90 Å². The molecule has 1 aliphatic rings. The second kappa shape index (κ2) is 6.78. The molecule has 1 atom stereocenters. The molecule has 0 aromatic carbocycles. The van der Waals surface area contributed by atoms with Gasteiger partial charge in [0.05, 0.1) is 14.6 Å². The molecule has 7 heteroatoms. The summed E-state index contributed by atoms with van der Waals surface area (Å²) in [6.45, 7) is 0.875. The number of carbonyl (C=O) groups excluding carboxylic acids is 1. The van der Waals surface area contributed by atoms with E-state index in [1.165, 1.54) is 11.3 Å². The van der Waals surface area contributed by atoms with Crippen LogP contribution < -0.4 is 0 Å². The highest BCUT2D eigenvalue weighted by molar-refractivity contribution is 7.20. The summed E-state index contributed by atoms with van der Waals surface area (Å²) in [4.78, 5) is 24.5. The van der Waals surface area contributed by atoms with Crippen molar-refractivity contribution in [1.29, 1.82) is 0 Å². The van der Waals surface area contributed by atoms with Crippen LogP contribution in [0.2, 0.25) is 8.67 Å². The van der Waals surface area contributed by atoms with Crippen LogP contribution in [0.3, 0.4) is 0 Å². The van der Waals surface area contributed by atoms with E-state index in [-0.39, 0.29) is 5.91 Å². The van der Waals surface area contributed by atoms with Gasteiger partial charge in [-0.25, -0.2) is 0 Å². The maximum absolute atomic E-state index is 12.0. The molecule has 1 aliphatic heterocycles. The average Bonchev–Trinajstić information content (AvgIpc) is 2.97. The highest BCUT2D eigenvalue weighted by atomic mass is 35.5. The zero-order valence-corrected chi connectivity index (χ0v) is 13.1. The van der Waals surface area contributed by atoms with Crippen LogP contribution in [0.5, 0.6) is 0 Å². The summed E-state index contributed by atoms with van der Waals surface area (Å²) < 4.78 is 1.33. The van der Waals surface area contributed by atoms with Crippen LogP contribution in [-0.4, -0.2) is 35.0 Å². The number of hydrogen-bond acceptors (Lipinski definition) is 3. The number of carboxylic acid groups (broad SMARTS) is 1. The minimum Gasteiger partial charge on any atom is -0.481 e. The Hall–Kier alpha value is -0.780. The number of likely N-dealkylation sites (tertiary alicyclic amines) is 1. The Morgan fingerprint density at radius 1 is 1.45 bits per heavy atom. The number of amides is 1. The van der Waals surface area contributed by atoms with Gasteiger partial charge < -0.3 is 10.0 Å². The SMILES string of the molecule is O=C(O)C1CCN(C(=O)CCCc2cc(Cl)sc2Cl)C1. The zero-order chi connectivity index (χ0) is 14.7. The van der Waals surface area contributed by atoms with Crippen molar-refractivity contribution >= 4 is 46.4 Å². The first-order chi connectivity index (χ1) is 9.47. The van der Waals surface area contributed by atoms with E-state index in [2.05, 4.69) is 0 Å². The number of aryl methyl sites for hydroxylation is 1. The van der Waals surface area contributed by atoms with E-state index in [1.807, 2.05) is 6.07 Å². The van der Waals surface area contributed by atoms with Crippen LogP contribution in [-0.2, 0) is 16.0 Å². The Morgan fingerprint density at radius 3 is 2.75 bits per heavy atom. The molecule has 0 radical (unpaired) electrons. The maximum Gasteiger partial charge on any atom is 0.308 e. The van der Waals surface area contributed by atoms with Crippen molar-refractivity contribution in [3.63, 3.8) is 0 Å². The highest BCUT2D eigenvalue weighted by Gasteiger charge is 2.30. The maximum atomic E-state index is 12.0. The molecule has 1 N–H and O–H groups in total. The number of hydrogen-bond donors (Lipinski definition) is 1. The molecule has 1 amide bonds. The van der Waals surface area contributed by atoms with Gasteiger partial charge in [0.15, 0.2) is 0 Å². The van der Waals surface area contributed by atoms with Crippen LogP contribution >= 0.6 is 34.5 Å². The number of aliphatic carboxylic acids is 1. The molecule has 1 fully saturated rings. The predicted octanol–water partition coefficient (Wildman–Crippen LogP) is 3.31. The molecule has 2 heterocycles. The highest BCUT2D eigenvalue weighted by Crippen LogP contribution is 2.32. The molecule has 20 heavy (non-hydrogen) atoms. The van der Waals surface area contributed by atoms with Crippen molar-refractivity contribution in [3.05, 3.63) is 20.3 Å². The van der Waals surface area contributed by atoms with Gasteiger partial charge in [-0.05, 0) is 30.9 Å². The van der Waals surface area contributed by atoms with Gasteiger partial charge in [-0.3, -0.25) is 9.59 Å². The fraction of sp³-hybridized carbons (Fsp3) is 0.538. The van der Waals surface area contributed by atoms with Crippen LogP contribution in [0.15, 0.2) is 6.07 Å². The zero-order valence-electron chi connectivity index (χ0n) is 10.8. The lowest BCUT2D eigenvalue weighted by Crippen LogP contribution is -2.29. The third-order valence-electron chi connectivity index (χ3n) is 3.45. The fourth-order valence-electron chi connectivity index (χ4n) is 2.32. The Morgan fingerprint density at radius 2 is 2.20 bits per heavy atom. The summed E-state index contributed by atoms with van der Waals surface area (Å²) in [6.07, 6.45) is 2.37. The van der Waals surface area contributed by atoms with Gasteiger partial charge in [0.2, 0.25) is 5.91 Å². The van der Waals surface area contributed by atoms with Gasteiger partial charge in [-0.15, -0.1) is 11.3 Å². The minimum atomic E-state index is -0.819. The van der Waals surface area contributed by atoms with Crippen molar-refractivity contribution in [2.45, 2.75) is 25.7 Å². The predicted molar refractivity (Wildman–Crippen MR) is 79.6 cm³/mol. The summed E-state index contributed by atoms with van der Waals surface area (Å²) >= 11 is 13.2. The molecule has 4 nitrogen and oxygen atoms in total. The van der Waals surface area contributed by atoms with Crippen molar-refractivity contribution in [2.75, 3.05) is 13.1 Å². The van der Waals surface area contributed by atoms with E-state index in [0.29, 0.717) is 47.4 Å². The third-order valence-corrected chi connectivity index (χ3v) is 5.02. The lowest BCUT2D eigenvalue weighted by atomic mass is 10.1. The van der Waals surface area contributed by atoms with Crippen molar-refractivity contribution < 1.29 is 14.7 Å². The molecular formula is C13H15Cl2NO3S. The monoisotopic (exact) mass is 335 g/mol. The number of carbonyl (C=O) groups is 2. The molecule has 1 aromatic rings. The Kier molecular flexibility index (Phi) is 5.29. The fourth-order valence-corrected chi connectivity index (χ4v) is 3.87. The molecule has 1 unspecified atom stereocenters. The van der Waals surface area contributed by atoms with Crippen molar-refractivity contribution in [2.24, 2.45) is 5.92 Å². The number of rotatable bonds is 5. The smallest absolute Gasteiger partial charge is 0.308 e. The quantitative estimate of drug-likeness (QED) is 0.897. The van der Waals surface area contributed by atoms with Crippen LogP contribution in [0.1, 0.15) is 24.8 Å². The standard InChI is InChI=1S/C13H15Cl2NO3S/c14-10-6-8(12(15)20-10)2-1-3-11(17)16-5-4-9(7-16)13(18)19/h6,9H,1-5,7H2,(H,18,19). The summed E-state index contributed by atoms with van der Waals surface area (Å²) in [5.74, 6) is -1.21. The minimum absolute atomic E-state index is 0.0196. The molecule has 1 saturated heterocycles. The number of carboxylic acids is 1. The van der Waals surface area contributed by atoms with Gasteiger partial charge in [0, 0.05) is 19.5 Å². The van der Waals surface area contributed by atoms with Crippen LogP contribution in [0, 0.1) is 5.92 Å². The Balaban J connectivity index is 1.76. The van der Waals surface area contributed by atoms with Crippen molar-refractivity contribution in [3.8, 4) is 0 Å². The molecule has 0 spiro atoms. The molecular weight excluding hydrogens is 321 g/mol. The molecule has 0 saturated carbocycles. The second-order valence-electron chi connectivity index (χ2n) is 4.87. The van der Waals surface area contributed by atoms with Gasteiger partial charge >= 0.3 is 5.97 Å². The first kappa shape index (κ1) is 15.6. The normalized spacial score (nSPS) is 18.5. The first-order valence-corrected chi connectivity index (χ1v) is 7.99. The van der Waals surface area contributed by atoms with Crippen LogP contribution in [0.25, 0.3) is 0 Å². The summed E-state index contributed by atoms with van der Waals surface area (Å²) in [5, 5.41) is 8.91. The number of thiophene rings is 1. The second-order valence-corrected chi connectivity index (χ2v) is 7.15. The number of nitrogens with zero attached hydrogens (tertiary/aromatic N) is 1. The van der Waals surface area contributed by atoms with E-state index in [4.69, 9.17) is 28.3 Å². The molecule has 1 aromatic heterocycles. The van der Waals surface area contributed by atoms with E-state index < -0.39 is 11.9 Å². The lowest BCUT2D eigenvalue weighted by Gasteiger charge is -2.15. The van der Waals surface area contributed by atoms with Gasteiger partial charge in [0.1, 0.15) is 0 Å². The first-order valence-electron chi connectivity index (χ1n) is 6.41.